The van der Waals surface area contributed by atoms with E-state index < -0.39 is 10.0 Å². The van der Waals surface area contributed by atoms with Gasteiger partial charge in [0.25, 0.3) is 5.91 Å². The Bertz CT molecular complexity index is 619. The highest BCUT2D eigenvalue weighted by molar-refractivity contribution is 7.89. The Labute approximate surface area is 130 Å². The van der Waals surface area contributed by atoms with E-state index >= 15 is 0 Å². The van der Waals surface area contributed by atoms with Crippen LogP contribution < -0.4 is 10.0 Å². The van der Waals surface area contributed by atoms with Gasteiger partial charge in [-0.05, 0) is 37.1 Å². The van der Waals surface area contributed by atoms with Gasteiger partial charge in [-0.2, -0.15) is 0 Å². The van der Waals surface area contributed by atoms with Crippen LogP contribution in [0, 0.1) is 0 Å². The van der Waals surface area contributed by atoms with Gasteiger partial charge in [0.2, 0.25) is 10.0 Å². The summed E-state index contributed by atoms with van der Waals surface area (Å²) in [6.07, 6.45) is 3.34. The predicted molar refractivity (Wildman–Crippen MR) is 83.1 cm³/mol. The smallest absolute Gasteiger partial charge is 0.251 e. The molecule has 1 amide bonds. The van der Waals surface area contributed by atoms with Crippen molar-refractivity contribution in [3.8, 4) is 0 Å². The number of hydrogen-bond donors (Lipinski definition) is 2. The van der Waals surface area contributed by atoms with Crippen LogP contribution in [0.1, 0.15) is 23.2 Å². The molecule has 2 rings (SSSR count). The standard InChI is InChI=1S/C15H20N2O4S/c1-2-9-16-15(18)12-5-7-14(8-6-12)22(19,20)17-11-13-4-3-10-21-13/h2,5-8,13,17H,1,3-4,9-11H2,(H,16,18)/t13-/m1/s1. The first kappa shape index (κ1) is 16.7. The largest absolute Gasteiger partial charge is 0.377 e. The number of sulfonamides is 1. The van der Waals surface area contributed by atoms with Crippen molar-refractivity contribution >= 4 is 15.9 Å². The van der Waals surface area contributed by atoms with Gasteiger partial charge in [0, 0.05) is 25.3 Å². The molecule has 0 aliphatic carbocycles. The van der Waals surface area contributed by atoms with Gasteiger partial charge in [-0.3, -0.25) is 4.79 Å². The third-order valence-electron chi connectivity index (χ3n) is 3.36. The summed E-state index contributed by atoms with van der Waals surface area (Å²) >= 11 is 0. The van der Waals surface area contributed by atoms with Gasteiger partial charge >= 0.3 is 0 Å². The Hall–Kier alpha value is -1.70. The van der Waals surface area contributed by atoms with Gasteiger partial charge < -0.3 is 10.1 Å². The molecule has 6 nitrogen and oxygen atoms in total. The SMILES string of the molecule is C=CCNC(=O)c1ccc(S(=O)(=O)NC[C@H]2CCCO2)cc1. The molecule has 0 radical (unpaired) electrons. The molecule has 1 fully saturated rings. The molecule has 0 bridgehead atoms. The minimum atomic E-state index is -3.59. The van der Waals surface area contributed by atoms with E-state index in [0.29, 0.717) is 18.7 Å². The van der Waals surface area contributed by atoms with E-state index in [9.17, 15) is 13.2 Å². The molecule has 22 heavy (non-hydrogen) atoms. The first-order valence-corrected chi connectivity index (χ1v) is 8.61. The molecule has 1 atom stereocenters. The monoisotopic (exact) mass is 324 g/mol. The average Bonchev–Trinajstić information content (AvgIpc) is 3.04. The molecule has 0 saturated carbocycles. The summed E-state index contributed by atoms with van der Waals surface area (Å²) in [5.41, 5.74) is 0.403. The van der Waals surface area contributed by atoms with Crippen molar-refractivity contribution in [2.24, 2.45) is 0 Å². The van der Waals surface area contributed by atoms with Crippen molar-refractivity contribution in [2.45, 2.75) is 23.8 Å². The van der Waals surface area contributed by atoms with Crippen LogP contribution in [0.2, 0.25) is 0 Å². The highest BCUT2D eigenvalue weighted by Crippen LogP contribution is 2.14. The van der Waals surface area contributed by atoms with E-state index in [0.717, 1.165) is 12.8 Å². The van der Waals surface area contributed by atoms with Crippen molar-refractivity contribution < 1.29 is 17.9 Å². The third kappa shape index (κ3) is 4.40. The average molecular weight is 324 g/mol. The van der Waals surface area contributed by atoms with Crippen LogP contribution >= 0.6 is 0 Å². The zero-order chi connectivity index (χ0) is 16.0. The second kappa shape index (κ2) is 7.53. The van der Waals surface area contributed by atoms with Crippen molar-refractivity contribution in [3.05, 3.63) is 42.5 Å². The molecule has 2 N–H and O–H groups in total. The summed E-state index contributed by atoms with van der Waals surface area (Å²) in [6.45, 7) is 4.83. The molecular weight excluding hydrogens is 304 g/mol. The summed E-state index contributed by atoms with van der Waals surface area (Å²) in [5.74, 6) is -0.267. The van der Waals surface area contributed by atoms with Crippen molar-refractivity contribution in [3.63, 3.8) is 0 Å². The van der Waals surface area contributed by atoms with Crippen LogP contribution in [0.15, 0.2) is 41.8 Å². The third-order valence-corrected chi connectivity index (χ3v) is 4.80. The molecule has 0 aromatic heterocycles. The Morgan fingerprint density at radius 1 is 1.36 bits per heavy atom. The van der Waals surface area contributed by atoms with Crippen LogP contribution in [0.5, 0.6) is 0 Å². The molecule has 1 aromatic rings. The zero-order valence-corrected chi connectivity index (χ0v) is 13.1. The molecule has 1 aliphatic heterocycles. The van der Waals surface area contributed by atoms with E-state index in [1.165, 1.54) is 24.3 Å². The second-order valence-electron chi connectivity index (χ2n) is 5.01. The topological polar surface area (TPSA) is 84.5 Å². The van der Waals surface area contributed by atoms with Crippen LogP contribution in [0.4, 0.5) is 0 Å². The van der Waals surface area contributed by atoms with Crippen molar-refractivity contribution in [1.29, 1.82) is 0 Å². The summed E-state index contributed by atoms with van der Waals surface area (Å²) in [4.78, 5) is 11.9. The predicted octanol–water partition coefficient (Wildman–Crippen LogP) is 1.06. The maximum atomic E-state index is 12.2. The molecule has 120 valence electrons. The Morgan fingerprint density at radius 3 is 2.68 bits per heavy atom. The molecule has 7 heteroatoms. The number of hydrogen-bond acceptors (Lipinski definition) is 4. The number of ether oxygens (including phenoxy) is 1. The minimum Gasteiger partial charge on any atom is -0.377 e. The fourth-order valence-electron chi connectivity index (χ4n) is 2.14. The fraction of sp³-hybridized carbons (Fsp3) is 0.400. The number of carbonyl (C=O) groups is 1. The minimum absolute atomic E-state index is 0.0567. The lowest BCUT2D eigenvalue weighted by molar-refractivity contribution is 0.0958. The van der Waals surface area contributed by atoms with E-state index in [-0.39, 0.29) is 23.5 Å². The van der Waals surface area contributed by atoms with Crippen molar-refractivity contribution in [2.75, 3.05) is 19.7 Å². The summed E-state index contributed by atoms with van der Waals surface area (Å²) in [7, 11) is -3.59. The van der Waals surface area contributed by atoms with E-state index in [2.05, 4.69) is 16.6 Å². The fourth-order valence-corrected chi connectivity index (χ4v) is 3.21. The van der Waals surface area contributed by atoms with Crippen LogP contribution in [0.3, 0.4) is 0 Å². The first-order valence-electron chi connectivity index (χ1n) is 7.13. The van der Waals surface area contributed by atoms with Crippen LogP contribution in [0.25, 0.3) is 0 Å². The van der Waals surface area contributed by atoms with Gasteiger partial charge in [-0.25, -0.2) is 13.1 Å². The number of carbonyl (C=O) groups excluding carboxylic acids is 1. The molecule has 1 heterocycles. The Kier molecular flexibility index (Phi) is 5.70. The lowest BCUT2D eigenvalue weighted by atomic mass is 10.2. The van der Waals surface area contributed by atoms with Gasteiger partial charge in [-0.15, -0.1) is 6.58 Å². The highest BCUT2D eigenvalue weighted by Gasteiger charge is 2.20. The van der Waals surface area contributed by atoms with E-state index in [1.54, 1.807) is 6.08 Å². The van der Waals surface area contributed by atoms with E-state index in [1.807, 2.05) is 0 Å². The highest BCUT2D eigenvalue weighted by atomic mass is 32.2. The molecule has 1 aliphatic rings. The maximum absolute atomic E-state index is 12.2. The molecule has 0 unspecified atom stereocenters. The van der Waals surface area contributed by atoms with Crippen LogP contribution in [-0.4, -0.2) is 40.1 Å². The second-order valence-corrected chi connectivity index (χ2v) is 6.78. The van der Waals surface area contributed by atoms with Crippen LogP contribution in [-0.2, 0) is 14.8 Å². The zero-order valence-electron chi connectivity index (χ0n) is 12.2. The summed E-state index contributed by atoms with van der Waals surface area (Å²) in [6, 6.07) is 5.80. The first-order chi connectivity index (χ1) is 10.5. The Morgan fingerprint density at radius 2 is 2.09 bits per heavy atom. The maximum Gasteiger partial charge on any atom is 0.251 e. The van der Waals surface area contributed by atoms with Gasteiger partial charge in [0.05, 0.1) is 11.0 Å². The molecule has 1 saturated heterocycles. The Balaban J connectivity index is 1.98. The number of amides is 1. The molecule has 1 aromatic carbocycles. The quantitative estimate of drug-likeness (QED) is 0.735. The lowest BCUT2D eigenvalue weighted by Gasteiger charge is -2.11. The molecular formula is C15H20N2O4S. The van der Waals surface area contributed by atoms with E-state index in [4.69, 9.17) is 4.74 Å². The lowest BCUT2D eigenvalue weighted by Crippen LogP contribution is -2.31. The number of benzene rings is 1. The van der Waals surface area contributed by atoms with Gasteiger partial charge in [-0.1, -0.05) is 6.08 Å². The van der Waals surface area contributed by atoms with Gasteiger partial charge in [0.1, 0.15) is 0 Å². The van der Waals surface area contributed by atoms with Gasteiger partial charge in [0.15, 0.2) is 0 Å². The summed E-state index contributed by atoms with van der Waals surface area (Å²) in [5, 5.41) is 2.63. The number of rotatable bonds is 7. The normalized spacial score (nSPS) is 18.1. The summed E-state index contributed by atoms with van der Waals surface area (Å²) < 4.78 is 32.2. The number of nitrogens with one attached hydrogen (secondary N) is 2. The molecule has 0 spiro atoms. The van der Waals surface area contributed by atoms with Crippen molar-refractivity contribution in [1.82, 2.24) is 10.0 Å².